The lowest BCUT2D eigenvalue weighted by Crippen LogP contribution is -2.14. The van der Waals surface area contributed by atoms with Gasteiger partial charge in [0.1, 0.15) is 0 Å². The normalized spacial score (nSPS) is 10.5. The number of nitrogens with two attached hydrogens (primary N) is 2. The number of anilines is 1. The lowest BCUT2D eigenvalue weighted by atomic mass is 10.1. The smallest absolute Gasteiger partial charge is 0.250 e. The van der Waals surface area contributed by atoms with Crippen molar-refractivity contribution in [1.29, 1.82) is 0 Å². The molecule has 0 aliphatic heterocycles. The lowest BCUT2D eigenvalue weighted by molar-refractivity contribution is 0.100. The van der Waals surface area contributed by atoms with Gasteiger partial charge in [-0.15, -0.1) is 0 Å². The average molecular weight is 251 g/mol. The van der Waals surface area contributed by atoms with Gasteiger partial charge in [0.2, 0.25) is 0 Å². The maximum atomic E-state index is 11.2. The number of rotatable bonds is 2. The van der Waals surface area contributed by atoms with Crippen LogP contribution in [0.1, 0.15) is 16.1 Å². The van der Waals surface area contributed by atoms with E-state index in [1.807, 2.05) is 0 Å². The van der Waals surface area contributed by atoms with Crippen LogP contribution in [-0.4, -0.2) is 15.7 Å². The molecule has 0 spiro atoms. The first-order valence-electron chi connectivity index (χ1n) is 4.90. The first kappa shape index (κ1) is 11.5. The Morgan fingerprint density at radius 1 is 1.47 bits per heavy atom. The largest absolute Gasteiger partial charge is 0.398 e. The Balaban J connectivity index is 2.53. The fourth-order valence-electron chi connectivity index (χ4n) is 1.47. The van der Waals surface area contributed by atoms with Crippen LogP contribution in [0.3, 0.4) is 0 Å². The Bertz CT molecular complexity index is 572. The number of hydrogen-bond acceptors (Lipinski definition) is 3. The predicted molar refractivity (Wildman–Crippen MR) is 66.2 cm³/mol. The SMILES string of the molecule is Cc1nn(-c2ccc(N)c(C(N)=O)c2)cc1Cl. The summed E-state index contributed by atoms with van der Waals surface area (Å²) in [6.07, 6.45) is 1.66. The summed E-state index contributed by atoms with van der Waals surface area (Å²) in [5.74, 6) is -0.570. The summed E-state index contributed by atoms with van der Waals surface area (Å²) in [5, 5.41) is 4.76. The first-order valence-corrected chi connectivity index (χ1v) is 5.28. The van der Waals surface area contributed by atoms with Crippen molar-refractivity contribution in [1.82, 2.24) is 9.78 Å². The Labute approximate surface area is 103 Å². The molecule has 5 nitrogen and oxygen atoms in total. The van der Waals surface area contributed by atoms with Crippen LogP contribution in [0.4, 0.5) is 5.69 Å². The number of carbonyl (C=O) groups excluding carboxylic acids is 1. The van der Waals surface area contributed by atoms with E-state index in [-0.39, 0.29) is 5.56 Å². The van der Waals surface area contributed by atoms with Gasteiger partial charge in [0.25, 0.3) is 5.91 Å². The molecule has 0 atom stereocenters. The molecule has 1 aromatic carbocycles. The molecule has 88 valence electrons. The maximum absolute atomic E-state index is 11.2. The second kappa shape index (κ2) is 4.10. The van der Waals surface area contributed by atoms with E-state index < -0.39 is 5.91 Å². The fraction of sp³-hybridized carbons (Fsp3) is 0.0909. The van der Waals surface area contributed by atoms with Crippen molar-refractivity contribution in [3.63, 3.8) is 0 Å². The van der Waals surface area contributed by atoms with E-state index in [0.717, 1.165) is 0 Å². The minimum absolute atomic E-state index is 0.270. The third-order valence-corrected chi connectivity index (χ3v) is 2.78. The van der Waals surface area contributed by atoms with Crippen LogP contribution in [0.2, 0.25) is 5.02 Å². The second-order valence-corrected chi connectivity index (χ2v) is 4.05. The zero-order valence-corrected chi connectivity index (χ0v) is 9.90. The van der Waals surface area contributed by atoms with Crippen molar-refractivity contribution in [3.8, 4) is 5.69 Å². The average Bonchev–Trinajstić information content (AvgIpc) is 2.59. The molecule has 17 heavy (non-hydrogen) atoms. The van der Waals surface area contributed by atoms with E-state index >= 15 is 0 Å². The number of amides is 1. The van der Waals surface area contributed by atoms with E-state index in [2.05, 4.69) is 5.10 Å². The number of aromatic nitrogens is 2. The molecule has 2 rings (SSSR count). The molecule has 0 aliphatic carbocycles. The molecule has 1 aromatic heterocycles. The molecule has 1 heterocycles. The highest BCUT2D eigenvalue weighted by Gasteiger charge is 2.09. The number of halogens is 1. The monoisotopic (exact) mass is 250 g/mol. The molecule has 0 radical (unpaired) electrons. The topological polar surface area (TPSA) is 86.9 Å². The maximum Gasteiger partial charge on any atom is 0.250 e. The predicted octanol–water partition coefficient (Wildman–Crippen LogP) is 1.52. The number of benzene rings is 1. The van der Waals surface area contributed by atoms with Crippen molar-refractivity contribution in [2.75, 3.05) is 5.73 Å². The highest BCUT2D eigenvalue weighted by Crippen LogP contribution is 2.19. The Hall–Kier alpha value is -2.01. The zero-order valence-electron chi connectivity index (χ0n) is 9.14. The number of nitrogens with zero attached hydrogens (tertiary/aromatic N) is 2. The van der Waals surface area contributed by atoms with Crippen LogP contribution in [0.15, 0.2) is 24.4 Å². The van der Waals surface area contributed by atoms with Crippen LogP contribution in [0, 0.1) is 6.92 Å². The van der Waals surface area contributed by atoms with Crippen molar-refractivity contribution in [2.24, 2.45) is 5.73 Å². The zero-order chi connectivity index (χ0) is 12.6. The van der Waals surface area contributed by atoms with Crippen molar-refractivity contribution >= 4 is 23.2 Å². The minimum atomic E-state index is -0.570. The Morgan fingerprint density at radius 2 is 2.18 bits per heavy atom. The molecule has 0 aliphatic rings. The number of nitrogen functional groups attached to an aromatic ring is 1. The molecule has 0 saturated heterocycles. The molecular formula is C11H11ClN4O. The molecular weight excluding hydrogens is 240 g/mol. The summed E-state index contributed by atoms with van der Waals surface area (Å²) in [5.41, 5.74) is 12.9. The van der Waals surface area contributed by atoms with E-state index in [1.165, 1.54) is 0 Å². The van der Waals surface area contributed by atoms with Gasteiger partial charge >= 0.3 is 0 Å². The quantitative estimate of drug-likeness (QED) is 0.792. The standard InChI is InChI=1S/C11H11ClN4O/c1-6-9(12)5-16(15-6)7-2-3-10(13)8(4-7)11(14)17/h2-5H,13H2,1H3,(H2,14,17). The highest BCUT2D eigenvalue weighted by molar-refractivity contribution is 6.31. The van der Waals surface area contributed by atoms with Gasteiger partial charge in [0, 0.05) is 11.9 Å². The van der Waals surface area contributed by atoms with Gasteiger partial charge in [0.05, 0.1) is 22.0 Å². The van der Waals surface area contributed by atoms with E-state index in [9.17, 15) is 4.79 Å². The summed E-state index contributed by atoms with van der Waals surface area (Å²) >= 11 is 5.91. The molecule has 6 heteroatoms. The van der Waals surface area contributed by atoms with Crippen molar-refractivity contribution in [2.45, 2.75) is 6.92 Å². The highest BCUT2D eigenvalue weighted by atomic mass is 35.5. The molecule has 0 unspecified atom stereocenters. The number of hydrogen-bond donors (Lipinski definition) is 2. The Kier molecular flexibility index (Phi) is 2.77. The summed E-state index contributed by atoms with van der Waals surface area (Å²) in [6.45, 7) is 1.80. The van der Waals surface area contributed by atoms with Gasteiger partial charge in [-0.05, 0) is 25.1 Å². The third-order valence-electron chi connectivity index (χ3n) is 2.41. The van der Waals surface area contributed by atoms with Gasteiger partial charge in [-0.25, -0.2) is 4.68 Å². The molecule has 2 aromatic rings. The van der Waals surface area contributed by atoms with Gasteiger partial charge in [-0.3, -0.25) is 4.79 Å². The van der Waals surface area contributed by atoms with Crippen LogP contribution < -0.4 is 11.5 Å². The van der Waals surface area contributed by atoms with E-state index in [1.54, 1.807) is 36.0 Å². The van der Waals surface area contributed by atoms with Gasteiger partial charge in [-0.2, -0.15) is 5.10 Å². The van der Waals surface area contributed by atoms with Gasteiger partial charge in [-0.1, -0.05) is 11.6 Å². The molecule has 4 N–H and O–H groups in total. The Morgan fingerprint density at radius 3 is 2.71 bits per heavy atom. The molecule has 0 bridgehead atoms. The first-order chi connectivity index (χ1) is 7.99. The van der Waals surface area contributed by atoms with E-state index in [4.69, 9.17) is 23.1 Å². The molecule has 1 amide bonds. The van der Waals surface area contributed by atoms with Gasteiger partial charge in [0.15, 0.2) is 0 Å². The van der Waals surface area contributed by atoms with Crippen LogP contribution in [0.25, 0.3) is 5.69 Å². The minimum Gasteiger partial charge on any atom is -0.398 e. The summed E-state index contributed by atoms with van der Waals surface area (Å²) < 4.78 is 1.57. The lowest BCUT2D eigenvalue weighted by Gasteiger charge is -2.05. The third kappa shape index (κ3) is 2.09. The number of primary amides is 1. The fourth-order valence-corrected chi connectivity index (χ4v) is 1.60. The molecule has 0 fully saturated rings. The van der Waals surface area contributed by atoms with Crippen LogP contribution >= 0.6 is 11.6 Å². The molecule has 0 saturated carbocycles. The van der Waals surface area contributed by atoms with Crippen LogP contribution in [-0.2, 0) is 0 Å². The summed E-state index contributed by atoms with van der Waals surface area (Å²) in [6, 6.07) is 4.94. The van der Waals surface area contributed by atoms with E-state index in [0.29, 0.717) is 22.1 Å². The summed E-state index contributed by atoms with van der Waals surface area (Å²) in [4.78, 5) is 11.2. The van der Waals surface area contributed by atoms with Gasteiger partial charge < -0.3 is 11.5 Å². The van der Waals surface area contributed by atoms with Crippen LogP contribution in [0.5, 0.6) is 0 Å². The summed E-state index contributed by atoms with van der Waals surface area (Å²) in [7, 11) is 0. The van der Waals surface area contributed by atoms with Crippen molar-refractivity contribution < 1.29 is 4.79 Å². The number of aryl methyl sites for hydroxylation is 1. The number of carbonyl (C=O) groups is 1. The second-order valence-electron chi connectivity index (χ2n) is 3.64. The van der Waals surface area contributed by atoms with Crippen molar-refractivity contribution in [3.05, 3.63) is 40.7 Å².